The number of aliphatic imine (C=N–C) groups is 1. The largest absolute Gasteiger partial charge is 0.490 e. The smallest absolute Gasteiger partial charge is 0.283 e. The summed E-state index contributed by atoms with van der Waals surface area (Å²) in [5.74, 6) is 0.610. The maximum absolute atomic E-state index is 12.4. The van der Waals surface area contributed by atoms with Crippen LogP contribution in [-0.2, 0) is 14.6 Å². The van der Waals surface area contributed by atoms with Crippen molar-refractivity contribution in [3.63, 3.8) is 0 Å². The number of ether oxygens (including phenoxy) is 2. The minimum Gasteiger partial charge on any atom is -0.490 e. The van der Waals surface area contributed by atoms with E-state index >= 15 is 0 Å². The summed E-state index contributed by atoms with van der Waals surface area (Å²) in [6.07, 6.45) is 2.52. The molecule has 1 N–H and O–H groups in total. The topological polar surface area (TPSA) is 121 Å². The van der Waals surface area contributed by atoms with Gasteiger partial charge in [0.25, 0.3) is 5.91 Å². The number of aryl methyl sites for hydroxylation is 2. The summed E-state index contributed by atoms with van der Waals surface area (Å²) < 4.78 is 34.8. The Balaban J connectivity index is 1.39. The summed E-state index contributed by atoms with van der Waals surface area (Å²) >= 11 is 0.751. The number of amides is 1. The van der Waals surface area contributed by atoms with Crippen LogP contribution in [-0.4, -0.2) is 54.2 Å². The average molecular weight is 499 g/mol. The second kappa shape index (κ2) is 9.43. The number of hydrogen-bond donors (Lipinski definition) is 1. The fraction of sp³-hybridized carbons (Fsp3) is 0.217. The quantitative estimate of drug-likeness (QED) is 0.479. The number of carbonyl (C=O) groups is 1. The molecular weight excluding hydrogens is 476 g/mol. The number of thioether (sulfide) groups is 1. The third-order valence-electron chi connectivity index (χ3n) is 4.90. The standard InChI is InChI=1S/C23H22N4O5S2/c1-14-4-5-15(2)19(12-14)32-11-10-31-17-8-6-16(7-9-17)13-18-20(24)27-22(25-21(18)28)33-23(26-27)34(3,29)30/h4-9,12-13,24H,10-11H2,1-3H3/b18-13+,24-20?. The Morgan fingerprint density at radius 3 is 2.50 bits per heavy atom. The Bertz CT molecular complexity index is 1360. The molecule has 0 aliphatic carbocycles. The second-order valence-electron chi connectivity index (χ2n) is 7.69. The fourth-order valence-corrected chi connectivity index (χ4v) is 4.81. The molecule has 11 heteroatoms. The molecule has 2 aliphatic heterocycles. The summed E-state index contributed by atoms with van der Waals surface area (Å²) in [6, 6.07) is 13.0. The van der Waals surface area contributed by atoms with E-state index < -0.39 is 15.7 Å². The molecule has 0 fully saturated rings. The third-order valence-corrected chi connectivity index (χ3v) is 7.47. The first kappa shape index (κ1) is 23.7. The lowest BCUT2D eigenvalue weighted by Gasteiger charge is -2.20. The van der Waals surface area contributed by atoms with E-state index in [0.29, 0.717) is 24.5 Å². The highest BCUT2D eigenvalue weighted by atomic mass is 32.3. The van der Waals surface area contributed by atoms with Gasteiger partial charge in [0, 0.05) is 6.26 Å². The van der Waals surface area contributed by atoms with Gasteiger partial charge in [-0.05, 0) is 66.6 Å². The lowest BCUT2D eigenvalue weighted by molar-refractivity contribution is -0.114. The predicted molar refractivity (Wildman–Crippen MR) is 133 cm³/mol. The molecule has 176 valence electrons. The number of nitrogens with one attached hydrogen (secondary N) is 1. The lowest BCUT2D eigenvalue weighted by atomic mass is 10.1. The molecule has 2 heterocycles. The van der Waals surface area contributed by atoms with Gasteiger partial charge in [0.1, 0.15) is 24.7 Å². The Labute approximate surface area is 201 Å². The molecule has 4 rings (SSSR count). The highest BCUT2D eigenvalue weighted by Crippen LogP contribution is 2.30. The number of sulfone groups is 1. The summed E-state index contributed by atoms with van der Waals surface area (Å²) in [7, 11) is -3.57. The molecule has 1 amide bonds. The van der Waals surface area contributed by atoms with Gasteiger partial charge in [0.15, 0.2) is 5.84 Å². The van der Waals surface area contributed by atoms with Crippen molar-refractivity contribution in [2.75, 3.05) is 19.5 Å². The van der Waals surface area contributed by atoms with Crippen molar-refractivity contribution in [2.24, 2.45) is 10.1 Å². The number of hydrogen-bond acceptors (Lipinski definition) is 8. The molecule has 0 saturated carbocycles. The monoisotopic (exact) mass is 498 g/mol. The van der Waals surface area contributed by atoms with Crippen LogP contribution in [0.1, 0.15) is 16.7 Å². The maximum Gasteiger partial charge on any atom is 0.283 e. The minimum absolute atomic E-state index is 0.0124. The predicted octanol–water partition coefficient (Wildman–Crippen LogP) is 3.38. The third kappa shape index (κ3) is 5.20. The van der Waals surface area contributed by atoms with Gasteiger partial charge < -0.3 is 9.47 Å². The van der Waals surface area contributed by atoms with Crippen molar-refractivity contribution < 1.29 is 22.7 Å². The number of hydrazone groups is 1. The maximum atomic E-state index is 12.4. The van der Waals surface area contributed by atoms with E-state index in [-0.39, 0.29) is 21.0 Å². The Hall–Kier alpha value is -3.44. The van der Waals surface area contributed by atoms with E-state index in [9.17, 15) is 13.2 Å². The summed E-state index contributed by atoms with van der Waals surface area (Å²) in [5.41, 5.74) is 2.86. The van der Waals surface area contributed by atoms with Crippen molar-refractivity contribution in [3.8, 4) is 11.5 Å². The van der Waals surface area contributed by atoms with E-state index in [2.05, 4.69) is 10.1 Å². The molecular formula is C23H22N4O5S2. The van der Waals surface area contributed by atoms with Crippen molar-refractivity contribution in [1.29, 1.82) is 5.41 Å². The number of benzene rings is 2. The molecule has 0 saturated heterocycles. The van der Waals surface area contributed by atoms with Crippen LogP contribution in [0.25, 0.3) is 6.08 Å². The van der Waals surface area contributed by atoms with Crippen LogP contribution >= 0.6 is 11.8 Å². The lowest BCUT2D eigenvalue weighted by Crippen LogP contribution is -2.35. The molecule has 0 atom stereocenters. The molecule has 34 heavy (non-hydrogen) atoms. The van der Waals surface area contributed by atoms with Gasteiger partial charge in [0.05, 0.1) is 5.57 Å². The Morgan fingerprint density at radius 1 is 1.09 bits per heavy atom. The molecule has 9 nitrogen and oxygen atoms in total. The Morgan fingerprint density at radius 2 is 1.79 bits per heavy atom. The molecule has 0 unspecified atom stereocenters. The normalized spacial score (nSPS) is 16.9. The SMILES string of the molecule is Cc1ccc(C)c(OCCOc2ccc(/C=C3\C(=N)N4N=C(S(C)(=O)=O)SC4=NC3=O)cc2)c1. The van der Waals surface area contributed by atoms with Gasteiger partial charge in [0.2, 0.25) is 19.4 Å². The highest BCUT2D eigenvalue weighted by molar-refractivity contribution is 8.42. The van der Waals surface area contributed by atoms with Crippen LogP contribution in [0.4, 0.5) is 0 Å². The highest BCUT2D eigenvalue weighted by Gasteiger charge is 2.38. The molecule has 2 aromatic carbocycles. The van der Waals surface area contributed by atoms with Gasteiger partial charge in [-0.2, -0.15) is 10.0 Å². The summed E-state index contributed by atoms with van der Waals surface area (Å²) in [5, 5.41) is 13.3. The van der Waals surface area contributed by atoms with Crippen LogP contribution in [0.5, 0.6) is 11.5 Å². The van der Waals surface area contributed by atoms with Crippen molar-refractivity contribution in [3.05, 3.63) is 64.7 Å². The van der Waals surface area contributed by atoms with Crippen molar-refractivity contribution in [1.82, 2.24) is 5.01 Å². The van der Waals surface area contributed by atoms with Crippen LogP contribution in [0.2, 0.25) is 0 Å². The van der Waals surface area contributed by atoms with Gasteiger partial charge in [-0.15, -0.1) is 5.10 Å². The number of amidine groups is 2. The second-order valence-corrected chi connectivity index (χ2v) is 10.8. The zero-order chi connectivity index (χ0) is 24.5. The van der Waals surface area contributed by atoms with Gasteiger partial charge in [-0.3, -0.25) is 10.2 Å². The van der Waals surface area contributed by atoms with Gasteiger partial charge in [-0.25, -0.2) is 8.42 Å². The van der Waals surface area contributed by atoms with Gasteiger partial charge in [-0.1, -0.05) is 24.3 Å². The van der Waals surface area contributed by atoms with Crippen LogP contribution in [0, 0.1) is 19.3 Å². The average Bonchev–Trinajstić information content (AvgIpc) is 3.22. The molecule has 0 spiro atoms. The molecule has 2 aliphatic rings. The first-order valence-electron chi connectivity index (χ1n) is 10.2. The van der Waals surface area contributed by atoms with E-state index in [1.54, 1.807) is 24.3 Å². The first-order chi connectivity index (χ1) is 16.1. The molecule has 0 aromatic heterocycles. The zero-order valence-electron chi connectivity index (χ0n) is 18.7. The van der Waals surface area contributed by atoms with Crippen molar-refractivity contribution >= 4 is 49.0 Å². The molecule has 0 bridgehead atoms. The Kier molecular flexibility index (Phi) is 6.58. The number of carbonyl (C=O) groups excluding carboxylic acids is 1. The first-order valence-corrected chi connectivity index (χ1v) is 13.0. The van der Waals surface area contributed by atoms with E-state index in [4.69, 9.17) is 14.9 Å². The van der Waals surface area contributed by atoms with Gasteiger partial charge >= 0.3 is 0 Å². The van der Waals surface area contributed by atoms with E-state index in [1.165, 1.54) is 6.08 Å². The number of nitrogens with zero attached hydrogens (tertiary/aromatic N) is 3. The zero-order valence-corrected chi connectivity index (χ0v) is 20.4. The fourth-order valence-electron chi connectivity index (χ4n) is 3.13. The van der Waals surface area contributed by atoms with Crippen molar-refractivity contribution in [2.45, 2.75) is 13.8 Å². The number of fused-ring (bicyclic) bond motifs is 1. The minimum atomic E-state index is -3.57. The summed E-state index contributed by atoms with van der Waals surface area (Å²) in [6.45, 7) is 4.76. The van der Waals surface area contributed by atoms with E-state index in [0.717, 1.165) is 39.9 Å². The molecule has 0 radical (unpaired) electrons. The molecule has 2 aromatic rings. The van der Waals surface area contributed by atoms with Crippen LogP contribution in [0.3, 0.4) is 0 Å². The van der Waals surface area contributed by atoms with E-state index in [1.807, 2.05) is 32.0 Å². The summed E-state index contributed by atoms with van der Waals surface area (Å²) in [4.78, 5) is 16.3. The van der Waals surface area contributed by atoms with Crippen LogP contribution in [0.15, 0.2) is 58.1 Å². The van der Waals surface area contributed by atoms with Crippen LogP contribution < -0.4 is 9.47 Å². The number of rotatable bonds is 6.